The maximum Gasteiger partial charge on any atom is 0.251 e. The van der Waals surface area contributed by atoms with Crippen molar-refractivity contribution < 1.29 is 28.3 Å². The number of anilines is 1. The van der Waals surface area contributed by atoms with E-state index in [4.69, 9.17) is 4.74 Å². The summed E-state index contributed by atoms with van der Waals surface area (Å²) in [7, 11) is 1.56. The highest BCUT2D eigenvalue weighted by Crippen LogP contribution is 2.35. The lowest BCUT2D eigenvalue weighted by Gasteiger charge is -2.37. The van der Waals surface area contributed by atoms with Gasteiger partial charge >= 0.3 is 0 Å². The van der Waals surface area contributed by atoms with Gasteiger partial charge in [0.05, 0.1) is 7.11 Å². The van der Waals surface area contributed by atoms with Gasteiger partial charge in [-0.25, -0.2) is 4.39 Å². The quantitative estimate of drug-likeness (QED) is 0.599. The molecular weight excluding hydrogens is 477 g/mol. The van der Waals surface area contributed by atoms with Crippen LogP contribution in [0.1, 0.15) is 62.8 Å². The Kier molecular flexibility index (Phi) is 7.34. The average molecular weight is 510 g/mol. The molecule has 0 aromatic heterocycles. The molecule has 1 atom stereocenters. The number of nitrogens with one attached hydrogen (secondary N) is 2. The summed E-state index contributed by atoms with van der Waals surface area (Å²) in [4.78, 5) is 52.1. The highest BCUT2D eigenvalue weighted by Gasteiger charge is 2.38. The summed E-state index contributed by atoms with van der Waals surface area (Å²) < 4.78 is 20.1. The molecule has 8 nitrogen and oxygen atoms in total. The van der Waals surface area contributed by atoms with Crippen LogP contribution in [0.5, 0.6) is 5.75 Å². The third-order valence-electron chi connectivity index (χ3n) is 6.88. The van der Waals surface area contributed by atoms with Crippen LogP contribution in [0.25, 0.3) is 0 Å². The number of carbonyl (C=O) groups excluding carboxylic acids is 4. The largest absolute Gasteiger partial charge is 0.497 e. The molecular formula is C28H32FN3O5. The minimum atomic E-state index is -0.958. The van der Waals surface area contributed by atoms with Crippen LogP contribution >= 0.6 is 0 Å². The van der Waals surface area contributed by atoms with Gasteiger partial charge in [0.25, 0.3) is 5.91 Å². The van der Waals surface area contributed by atoms with E-state index in [1.807, 2.05) is 26.8 Å². The number of nitrogens with zero attached hydrogens (tertiary/aromatic N) is 1. The van der Waals surface area contributed by atoms with Gasteiger partial charge in [-0.15, -0.1) is 0 Å². The predicted molar refractivity (Wildman–Crippen MR) is 135 cm³/mol. The monoisotopic (exact) mass is 509 g/mol. The maximum atomic E-state index is 14.8. The second-order valence-corrected chi connectivity index (χ2v) is 10.7. The summed E-state index contributed by atoms with van der Waals surface area (Å²) in [6, 6.07) is 8.97. The molecule has 0 unspecified atom stereocenters. The predicted octanol–water partition coefficient (Wildman–Crippen LogP) is 3.64. The van der Waals surface area contributed by atoms with E-state index in [0.29, 0.717) is 23.3 Å². The summed E-state index contributed by atoms with van der Waals surface area (Å²) in [5.74, 6) is -1.80. The maximum absolute atomic E-state index is 14.8. The molecule has 2 aromatic rings. The zero-order chi connectivity index (χ0) is 26.9. The Bertz CT molecular complexity index is 1240. The van der Waals surface area contributed by atoms with Crippen molar-refractivity contribution in [3.05, 3.63) is 58.9 Å². The van der Waals surface area contributed by atoms with Crippen LogP contribution in [0.15, 0.2) is 36.4 Å². The lowest BCUT2D eigenvalue weighted by molar-refractivity contribution is -0.142. The van der Waals surface area contributed by atoms with Gasteiger partial charge in [0.1, 0.15) is 17.6 Å². The fourth-order valence-corrected chi connectivity index (χ4v) is 5.06. The lowest BCUT2D eigenvalue weighted by atomic mass is 9.86. The van der Waals surface area contributed by atoms with Crippen molar-refractivity contribution >= 4 is 29.3 Å². The molecule has 4 rings (SSSR count). The van der Waals surface area contributed by atoms with E-state index >= 15 is 0 Å². The van der Waals surface area contributed by atoms with Crippen molar-refractivity contribution in [1.29, 1.82) is 0 Å². The van der Waals surface area contributed by atoms with Crippen molar-refractivity contribution in [3.63, 3.8) is 0 Å². The van der Waals surface area contributed by atoms with E-state index in [-0.39, 0.29) is 37.4 Å². The lowest BCUT2D eigenvalue weighted by Crippen LogP contribution is -2.47. The van der Waals surface area contributed by atoms with Crippen LogP contribution in [-0.4, -0.2) is 42.2 Å². The Morgan fingerprint density at radius 2 is 1.81 bits per heavy atom. The standard InChI is InChI=1S/C28H32FN3O5/c1-28(2,3)21-8-5-18(15-22(21)29)30-27(36)26-20-7-6-19(37-4)14-17(20)9-10-32(26)25(35)13-16-11-23(33)31-24(34)12-16/h5-8,14-16,26H,9-13H2,1-4H3,(H,30,36)(H,31,33,34)/t26-/m1/s1. The third kappa shape index (κ3) is 5.81. The molecule has 0 saturated carbocycles. The minimum Gasteiger partial charge on any atom is -0.497 e. The minimum absolute atomic E-state index is 0.0245. The molecule has 2 N–H and O–H groups in total. The molecule has 0 bridgehead atoms. The molecule has 1 saturated heterocycles. The summed E-state index contributed by atoms with van der Waals surface area (Å²) >= 11 is 0. The van der Waals surface area contributed by atoms with Crippen molar-refractivity contribution in [2.24, 2.45) is 5.92 Å². The van der Waals surface area contributed by atoms with Gasteiger partial charge in [0.2, 0.25) is 17.7 Å². The Labute approximate surface area is 215 Å². The molecule has 0 spiro atoms. The molecule has 0 aliphatic carbocycles. The number of hydrogen-bond donors (Lipinski definition) is 2. The van der Waals surface area contributed by atoms with E-state index in [2.05, 4.69) is 10.6 Å². The second kappa shape index (κ2) is 10.3. The van der Waals surface area contributed by atoms with Gasteiger partial charge in [0, 0.05) is 31.5 Å². The first kappa shape index (κ1) is 26.3. The van der Waals surface area contributed by atoms with Crippen molar-refractivity contribution in [2.45, 2.75) is 57.9 Å². The second-order valence-electron chi connectivity index (χ2n) is 10.7. The van der Waals surface area contributed by atoms with Gasteiger partial charge in [-0.1, -0.05) is 32.9 Å². The van der Waals surface area contributed by atoms with Crippen molar-refractivity contribution in [3.8, 4) is 5.75 Å². The Morgan fingerprint density at radius 1 is 1.11 bits per heavy atom. The summed E-state index contributed by atoms with van der Waals surface area (Å²) in [5, 5.41) is 5.03. The van der Waals surface area contributed by atoms with Crippen LogP contribution in [0.2, 0.25) is 0 Å². The van der Waals surface area contributed by atoms with E-state index < -0.39 is 40.9 Å². The number of benzene rings is 2. The van der Waals surface area contributed by atoms with Crippen molar-refractivity contribution in [1.82, 2.24) is 10.2 Å². The topological polar surface area (TPSA) is 105 Å². The number of amides is 4. The van der Waals surface area contributed by atoms with Crippen LogP contribution in [0.4, 0.5) is 10.1 Å². The molecule has 4 amide bonds. The van der Waals surface area contributed by atoms with Crippen LogP contribution in [-0.2, 0) is 31.0 Å². The summed E-state index contributed by atoms with van der Waals surface area (Å²) in [6.45, 7) is 6.00. The smallest absolute Gasteiger partial charge is 0.251 e. The zero-order valence-corrected chi connectivity index (χ0v) is 21.5. The average Bonchev–Trinajstić information content (AvgIpc) is 2.81. The number of hydrogen-bond acceptors (Lipinski definition) is 5. The molecule has 37 heavy (non-hydrogen) atoms. The first-order chi connectivity index (χ1) is 17.5. The molecule has 2 aliphatic heterocycles. The Balaban J connectivity index is 1.62. The SMILES string of the molecule is COc1ccc2c(c1)CCN(C(=O)CC1CC(=O)NC(=O)C1)[C@H]2C(=O)Nc1ccc(C(C)(C)C)c(F)c1. The highest BCUT2D eigenvalue weighted by molar-refractivity contribution is 6.00. The normalized spacial score (nSPS) is 18.2. The number of halogens is 1. The number of piperidine rings is 1. The molecule has 196 valence electrons. The number of imide groups is 1. The zero-order valence-electron chi connectivity index (χ0n) is 21.5. The van der Waals surface area contributed by atoms with E-state index in [1.165, 1.54) is 11.0 Å². The highest BCUT2D eigenvalue weighted by atomic mass is 19.1. The number of methoxy groups -OCH3 is 1. The van der Waals surface area contributed by atoms with Crippen molar-refractivity contribution in [2.75, 3.05) is 19.0 Å². The molecule has 2 heterocycles. The third-order valence-corrected chi connectivity index (χ3v) is 6.88. The molecule has 2 aliphatic rings. The van der Waals surface area contributed by atoms with Crippen LogP contribution in [0, 0.1) is 11.7 Å². The number of ether oxygens (including phenoxy) is 1. The van der Waals surface area contributed by atoms with E-state index in [0.717, 1.165) is 5.56 Å². The molecule has 0 radical (unpaired) electrons. The molecule has 9 heteroatoms. The van der Waals surface area contributed by atoms with Crippen LogP contribution in [0.3, 0.4) is 0 Å². The van der Waals surface area contributed by atoms with E-state index in [9.17, 15) is 23.6 Å². The van der Waals surface area contributed by atoms with Gasteiger partial charge in [-0.2, -0.15) is 0 Å². The summed E-state index contributed by atoms with van der Waals surface area (Å²) in [6.07, 6.45) is 0.648. The molecule has 1 fully saturated rings. The first-order valence-corrected chi connectivity index (χ1v) is 12.4. The first-order valence-electron chi connectivity index (χ1n) is 12.4. The van der Waals surface area contributed by atoms with Gasteiger partial charge < -0.3 is 15.0 Å². The van der Waals surface area contributed by atoms with Gasteiger partial charge in [0.15, 0.2) is 0 Å². The van der Waals surface area contributed by atoms with Crippen LogP contribution < -0.4 is 15.4 Å². The Hall–Kier alpha value is -3.75. The Morgan fingerprint density at radius 3 is 2.43 bits per heavy atom. The number of carbonyl (C=O) groups is 4. The van der Waals surface area contributed by atoms with Gasteiger partial charge in [-0.3, -0.25) is 24.5 Å². The fraction of sp³-hybridized carbons (Fsp3) is 0.429. The summed E-state index contributed by atoms with van der Waals surface area (Å²) in [5.41, 5.74) is 1.96. The number of fused-ring (bicyclic) bond motifs is 1. The molecule has 2 aromatic carbocycles. The number of rotatable bonds is 5. The van der Waals surface area contributed by atoms with Gasteiger partial charge in [-0.05, 0) is 58.7 Å². The van der Waals surface area contributed by atoms with E-state index in [1.54, 1.807) is 31.4 Å². The fourth-order valence-electron chi connectivity index (χ4n) is 5.06.